The SMILES string of the molecule is C1=CC(C2(c3ccccc3)c3ccc(N(c4ccccc4)c4cccc(-c5cccc(C6=Cc7c(n(-c8ccccc8)c8ccccc78)CC6)c5)c4)cc3C3CCC=CC32)=CCC1. The summed E-state index contributed by atoms with van der Waals surface area (Å²) in [4.78, 5) is 2.47. The maximum absolute atomic E-state index is 2.56. The molecule has 1 heterocycles. The highest BCUT2D eigenvalue weighted by atomic mass is 15.1. The molecule has 2 nitrogen and oxygen atoms in total. The third-order valence-electron chi connectivity index (χ3n) is 14.4. The van der Waals surface area contributed by atoms with Crippen LogP contribution in [0, 0.1) is 5.92 Å². The van der Waals surface area contributed by atoms with E-state index >= 15 is 0 Å². The van der Waals surface area contributed by atoms with E-state index < -0.39 is 0 Å². The van der Waals surface area contributed by atoms with Crippen LogP contribution in [0.5, 0.6) is 0 Å². The smallest absolute Gasteiger partial charge is 0.0537 e. The average Bonchev–Trinajstić information content (AvgIpc) is 3.86. The number of aromatic nitrogens is 1. The molecule has 7 aromatic carbocycles. The van der Waals surface area contributed by atoms with Gasteiger partial charge in [0.05, 0.1) is 10.9 Å². The van der Waals surface area contributed by atoms with E-state index in [1.54, 1.807) is 0 Å². The van der Waals surface area contributed by atoms with Crippen molar-refractivity contribution in [3.8, 4) is 16.8 Å². The van der Waals surface area contributed by atoms with Gasteiger partial charge in [-0.25, -0.2) is 0 Å². The van der Waals surface area contributed by atoms with E-state index in [1.165, 1.54) is 78.1 Å². The van der Waals surface area contributed by atoms with Gasteiger partial charge in [0.25, 0.3) is 0 Å². The quantitative estimate of drug-likeness (QED) is 0.139. The predicted molar refractivity (Wildman–Crippen MR) is 264 cm³/mol. The monoisotopic (exact) mass is 810 g/mol. The van der Waals surface area contributed by atoms with Crippen LogP contribution < -0.4 is 4.90 Å². The van der Waals surface area contributed by atoms with Gasteiger partial charge >= 0.3 is 0 Å². The second kappa shape index (κ2) is 15.6. The van der Waals surface area contributed by atoms with E-state index in [0.29, 0.717) is 11.8 Å². The maximum atomic E-state index is 2.56. The molecule has 0 radical (unpaired) electrons. The van der Waals surface area contributed by atoms with E-state index in [2.05, 4.69) is 228 Å². The third kappa shape index (κ3) is 6.22. The van der Waals surface area contributed by atoms with Gasteiger partial charge in [0.1, 0.15) is 0 Å². The molecule has 8 aromatic rings. The molecule has 4 aliphatic rings. The van der Waals surface area contributed by atoms with Gasteiger partial charge in [0, 0.05) is 45.3 Å². The van der Waals surface area contributed by atoms with E-state index in [4.69, 9.17) is 0 Å². The molecule has 3 atom stereocenters. The molecule has 63 heavy (non-hydrogen) atoms. The average molecular weight is 811 g/mol. The molecule has 12 rings (SSSR count). The zero-order valence-corrected chi connectivity index (χ0v) is 35.6. The minimum absolute atomic E-state index is 0.218. The van der Waals surface area contributed by atoms with Crippen LogP contribution in [0.15, 0.2) is 218 Å². The lowest BCUT2D eigenvalue weighted by Gasteiger charge is -2.41. The zero-order chi connectivity index (χ0) is 41.7. The second-order valence-electron chi connectivity index (χ2n) is 17.7. The molecular formula is C61H50N2. The van der Waals surface area contributed by atoms with Crippen molar-refractivity contribution in [3.63, 3.8) is 0 Å². The molecule has 1 aromatic heterocycles. The van der Waals surface area contributed by atoms with Crippen LogP contribution in [0.3, 0.4) is 0 Å². The largest absolute Gasteiger partial charge is 0.313 e. The number of para-hydroxylation sites is 3. The Morgan fingerprint density at radius 1 is 0.556 bits per heavy atom. The first-order chi connectivity index (χ1) is 31.3. The Morgan fingerprint density at radius 3 is 2.10 bits per heavy atom. The molecule has 0 aliphatic heterocycles. The number of anilines is 3. The molecule has 0 fully saturated rings. The summed E-state index contributed by atoms with van der Waals surface area (Å²) >= 11 is 0. The number of allylic oxidation sites excluding steroid dienone is 7. The summed E-state index contributed by atoms with van der Waals surface area (Å²) in [5, 5.41) is 1.31. The fourth-order valence-electron chi connectivity index (χ4n) is 11.7. The van der Waals surface area contributed by atoms with Crippen molar-refractivity contribution in [1.82, 2.24) is 4.57 Å². The second-order valence-corrected chi connectivity index (χ2v) is 17.7. The molecule has 0 spiro atoms. The lowest BCUT2D eigenvalue weighted by molar-refractivity contribution is 0.391. The summed E-state index contributed by atoms with van der Waals surface area (Å²) < 4.78 is 2.47. The molecule has 4 aliphatic carbocycles. The van der Waals surface area contributed by atoms with E-state index in [1.807, 2.05) is 0 Å². The van der Waals surface area contributed by atoms with Gasteiger partial charge in [-0.1, -0.05) is 152 Å². The molecular weight excluding hydrogens is 761 g/mol. The van der Waals surface area contributed by atoms with E-state index in [-0.39, 0.29) is 5.41 Å². The summed E-state index contributed by atoms with van der Waals surface area (Å²) in [7, 11) is 0. The van der Waals surface area contributed by atoms with Crippen LogP contribution in [0.4, 0.5) is 17.1 Å². The van der Waals surface area contributed by atoms with Crippen LogP contribution in [-0.2, 0) is 11.8 Å². The van der Waals surface area contributed by atoms with Crippen molar-refractivity contribution in [2.45, 2.75) is 49.9 Å². The minimum Gasteiger partial charge on any atom is -0.313 e. The minimum atomic E-state index is -0.218. The van der Waals surface area contributed by atoms with E-state index in [0.717, 1.165) is 49.9 Å². The van der Waals surface area contributed by atoms with Crippen molar-refractivity contribution in [1.29, 1.82) is 0 Å². The number of nitrogens with zero attached hydrogens (tertiary/aromatic N) is 2. The number of benzene rings is 7. The normalized spacial score (nSPS) is 19.8. The van der Waals surface area contributed by atoms with Gasteiger partial charge in [-0.15, -0.1) is 0 Å². The lowest BCUT2D eigenvalue weighted by Crippen LogP contribution is -2.36. The molecule has 0 saturated carbocycles. The highest BCUT2D eigenvalue weighted by molar-refractivity contribution is 5.99. The molecule has 0 N–H and O–H groups in total. The molecule has 0 bridgehead atoms. The molecule has 2 heteroatoms. The third-order valence-corrected chi connectivity index (χ3v) is 14.4. The predicted octanol–water partition coefficient (Wildman–Crippen LogP) is 15.9. The van der Waals surface area contributed by atoms with Crippen LogP contribution in [0.1, 0.15) is 71.5 Å². The summed E-state index contributed by atoms with van der Waals surface area (Å²) in [6.45, 7) is 0. The Kier molecular flexibility index (Phi) is 9.33. The van der Waals surface area contributed by atoms with Gasteiger partial charge in [0.2, 0.25) is 0 Å². The standard InChI is InChI=1S/C61H50N2/c1-5-22-47(23-6-1)61(48-24-7-2-8-25-48)57-33-15-13-31-53(57)55-42-52(36-37-58(55)61)62(49-26-9-3-10-27-49)51-30-18-21-45(40-51)43-19-17-20-44(39-43)46-35-38-60-56(41-46)54-32-14-16-34-59(54)63(60)50-28-11-4-12-29-50/h1,3-7,9-12,14-30,32-34,36-37,39-42,53,57H,2,8,13,31,35,38H2. The van der Waals surface area contributed by atoms with Crippen molar-refractivity contribution >= 4 is 39.6 Å². The topological polar surface area (TPSA) is 8.17 Å². The Hall–Kier alpha value is -7.16. The van der Waals surface area contributed by atoms with Gasteiger partial charge in [-0.2, -0.15) is 0 Å². The summed E-state index contributed by atoms with van der Waals surface area (Å²) in [5.74, 6) is 0.801. The highest BCUT2D eigenvalue weighted by Crippen LogP contribution is 2.62. The van der Waals surface area contributed by atoms with Gasteiger partial charge in [0.15, 0.2) is 0 Å². The summed E-state index contributed by atoms with van der Waals surface area (Å²) in [5.41, 5.74) is 19.5. The Balaban J connectivity index is 0.945. The lowest BCUT2D eigenvalue weighted by atomic mass is 9.61. The van der Waals surface area contributed by atoms with Gasteiger partial charge in [-0.05, 0) is 156 Å². The highest BCUT2D eigenvalue weighted by Gasteiger charge is 2.54. The Morgan fingerprint density at radius 2 is 1.27 bits per heavy atom. The van der Waals surface area contributed by atoms with Crippen LogP contribution in [0.25, 0.3) is 39.4 Å². The number of hydrogen-bond donors (Lipinski definition) is 0. The summed E-state index contributed by atoms with van der Waals surface area (Å²) in [6, 6.07) is 67.8. The Bertz CT molecular complexity index is 3130. The Labute approximate surface area is 371 Å². The van der Waals surface area contributed by atoms with Crippen molar-refractivity contribution in [2.75, 3.05) is 4.90 Å². The maximum Gasteiger partial charge on any atom is 0.0537 e. The van der Waals surface area contributed by atoms with E-state index in [9.17, 15) is 0 Å². The van der Waals surface area contributed by atoms with Crippen molar-refractivity contribution in [3.05, 3.63) is 251 Å². The first-order valence-electron chi connectivity index (χ1n) is 22.9. The molecule has 0 saturated heterocycles. The van der Waals surface area contributed by atoms with Gasteiger partial charge < -0.3 is 9.47 Å². The first-order valence-corrected chi connectivity index (χ1v) is 22.9. The molecule has 3 unspecified atom stereocenters. The van der Waals surface area contributed by atoms with Gasteiger partial charge in [-0.3, -0.25) is 0 Å². The zero-order valence-electron chi connectivity index (χ0n) is 35.6. The van der Waals surface area contributed by atoms with Crippen molar-refractivity contribution < 1.29 is 0 Å². The van der Waals surface area contributed by atoms with Crippen LogP contribution in [0.2, 0.25) is 0 Å². The summed E-state index contributed by atoms with van der Waals surface area (Å²) in [6.07, 6.45) is 21.3. The fraction of sp³-hybridized carbons (Fsp3) is 0.148. The number of fused-ring (bicyclic) bond motifs is 6. The number of rotatable bonds is 8. The fourth-order valence-corrected chi connectivity index (χ4v) is 11.7. The first kappa shape index (κ1) is 37.6. The number of hydrogen-bond acceptors (Lipinski definition) is 1. The molecule has 0 amide bonds. The van der Waals surface area contributed by atoms with Crippen LogP contribution in [-0.4, -0.2) is 4.57 Å². The molecule has 304 valence electrons. The van der Waals surface area contributed by atoms with Crippen molar-refractivity contribution in [2.24, 2.45) is 5.92 Å². The van der Waals surface area contributed by atoms with Crippen LogP contribution >= 0.6 is 0 Å².